The van der Waals surface area contributed by atoms with Gasteiger partial charge in [0.2, 0.25) is 0 Å². The maximum absolute atomic E-state index is 6.32. The van der Waals surface area contributed by atoms with Gasteiger partial charge in [-0.2, -0.15) is 0 Å². The molecule has 0 aliphatic rings. The second-order valence-electron chi connectivity index (χ2n) is 5.06. The Morgan fingerprint density at radius 2 is 1.81 bits per heavy atom. The Kier molecular flexibility index (Phi) is 5.42. The van der Waals surface area contributed by atoms with Crippen molar-refractivity contribution in [1.82, 2.24) is 0 Å². The molecule has 2 aromatic carbocycles. The quantitative estimate of drug-likeness (QED) is 0.692. The minimum atomic E-state index is 0.0720. The average Bonchev–Trinajstić information content (AvgIpc) is 2.37. The number of hydrogen-bond donors (Lipinski definition) is 1. The molecule has 0 bridgehead atoms. The molecule has 5 heteroatoms. The van der Waals surface area contributed by atoms with Crippen LogP contribution >= 0.6 is 39.1 Å². The number of anilines is 2. The van der Waals surface area contributed by atoms with Gasteiger partial charge < -0.3 is 10.2 Å². The van der Waals surface area contributed by atoms with Crippen molar-refractivity contribution in [3.05, 3.63) is 56.5 Å². The molecule has 1 N–H and O–H groups in total. The van der Waals surface area contributed by atoms with Crippen LogP contribution in [0.4, 0.5) is 11.4 Å². The van der Waals surface area contributed by atoms with Crippen LogP contribution in [0.3, 0.4) is 0 Å². The molecule has 2 rings (SSSR count). The number of para-hydroxylation sites is 1. The van der Waals surface area contributed by atoms with Gasteiger partial charge in [0.25, 0.3) is 0 Å². The molecule has 1 atom stereocenters. The minimum absolute atomic E-state index is 0.0720. The van der Waals surface area contributed by atoms with E-state index in [0.717, 1.165) is 31.5 Å². The molecule has 0 fully saturated rings. The molecule has 0 aliphatic carbocycles. The summed E-state index contributed by atoms with van der Waals surface area (Å²) in [5.41, 5.74) is 3.00. The molecule has 2 aromatic rings. The Hall–Kier alpha value is -0.900. The van der Waals surface area contributed by atoms with Crippen molar-refractivity contribution in [2.75, 3.05) is 24.3 Å². The van der Waals surface area contributed by atoms with Crippen molar-refractivity contribution >= 4 is 50.5 Å². The predicted molar refractivity (Wildman–Crippen MR) is 97.0 cm³/mol. The molecule has 0 aliphatic heterocycles. The van der Waals surface area contributed by atoms with Crippen molar-refractivity contribution in [3.8, 4) is 0 Å². The van der Waals surface area contributed by atoms with Crippen LogP contribution in [-0.4, -0.2) is 14.1 Å². The number of nitrogens with one attached hydrogen (secondary N) is 1. The SMILES string of the molecule is CC(Nc1cccc(Cl)c1N(C)C)c1ccc(Br)cc1Cl. The van der Waals surface area contributed by atoms with E-state index in [0.29, 0.717) is 0 Å². The first-order chi connectivity index (χ1) is 9.90. The summed E-state index contributed by atoms with van der Waals surface area (Å²) >= 11 is 16.0. The van der Waals surface area contributed by atoms with Crippen LogP contribution in [0.1, 0.15) is 18.5 Å². The number of halogens is 3. The molecule has 2 nitrogen and oxygen atoms in total. The molecule has 0 saturated carbocycles. The lowest BCUT2D eigenvalue weighted by Gasteiger charge is -2.23. The van der Waals surface area contributed by atoms with Crippen molar-refractivity contribution in [1.29, 1.82) is 0 Å². The molecule has 112 valence electrons. The second kappa shape index (κ2) is 6.91. The van der Waals surface area contributed by atoms with Gasteiger partial charge in [0.15, 0.2) is 0 Å². The van der Waals surface area contributed by atoms with Crippen LogP contribution in [0.15, 0.2) is 40.9 Å². The van der Waals surface area contributed by atoms with Gasteiger partial charge in [-0.3, -0.25) is 0 Å². The minimum Gasteiger partial charge on any atom is -0.377 e. The predicted octanol–water partition coefficient (Wildman–Crippen LogP) is 6.00. The Morgan fingerprint density at radius 3 is 2.43 bits per heavy atom. The maximum Gasteiger partial charge on any atom is 0.0786 e. The van der Waals surface area contributed by atoms with Crippen LogP contribution in [0.2, 0.25) is 10.0 Å². The number of nitrogens with zero attached hydrogens (tertiary/aromatic N) is 1. The van der Waals surface area contributed by atoms with E-state index in [-0.39, 0.29) is 6.04 Å². The van der Waals surface area contributed by atoms with E-state index in [4.69, 9.17) is 23.2 Å². The van der Waals surface area contributed by atoms with Crippen LogP contribution < -0.4 is 10.2 Å². The fourth-order valence-electron chi connectivity index (χ4n) is 2.25. The van der Waals surface area contributed by atoms with Gasteiger partial charge in [-0.15, -0.1) is 0 Å². The van der Waals surface area contributed by atoms with E-state index in [1.54, 1.807) is 0 Å². The summed E-state index contributed by atoms with van der Waals surface area (Å²) in [6.45, 7) is 2.08. The first-order valence-corrected chi connectivity index (χ1v) is 8.12. The van der Waals surface area contributed by atoms with E-state index >= 15 is 0 Å². The Bertz CT molecular complexity index is 644. The summed E-state index contributed by atoms with van der Waals surface area (Å²) in [4.78, 5) is 2.00. The van der Waals surface area contributed by atoms with E-state index in [9.17, 15) is 0 Å². The zero-order valence-corrected chi connectivity index (χ0v) is 15.2. The molecule has 0 spiro atoms. The highest BCUT2D eigenvalue weighted by molar-refractivity contribution is 9.10. The van der Waals surface area contributed by atoms with E-state index in [1.807, 2.05) is 55.4 Å². The first kappa shape index (κ1) is 16.5. The summed E-state index contributed by atoms with van der Waals surface area (Å²) < 4.78 is 0.972. The first-order valence-electron chi connectivity index (χ1n) is 6.57. The van der Waals surface area contributed by atoms with Gasteiger partial charge in [0, 0.05) is 23.6 Å². The molecule has 1 unspecified atom stereocenters. The van der Waals surface area contributed by atoms with E-state index < -0.39 is 0 Å². The normalized spacial score (nSPS) is 12.1. The Balaban J connectivity index is 2.31. The highest BCUT2D eigenvalue weighted by atomic mass is 79.9. The van der Waals surface area contributed by atoms with Gasteiger partial charge >= 0.3 is 0 Å². The van der Waals surface area contributed by atoms with Crippen molar-refractivity contribution in [2.24, 2.45) is 0 Å². The Labute approximate surface area is 144 Å². The molecule has 0 aromatic heterocycles. The lowest BCUT2D eigenvalue weighted by Crippen LogP contribution is -2.14. The van der Waals surface area contributed by atoms with Crippen molar-refractivity contribution < 1.29 is 0 Å². The summed E-state index contributed by atoms with van der Waals surface area (Å²) in [7, 11) is 3.95. The largest absolute Gasteiger partial charge is 0.377 e. The fourth-order valence-corrected chi connectivity index (χ4v) is 3.43. The summed E-state index contributed by atoms with van der Waals surface area (Å²) in [5.74, 6) is 0. The fraction of sp³-hybridized carbons (Fsp3) is 0.250. The Morgan fingerprint density at radius 1 is 1.10 bits per heavy atom. The third kappa shape index (κ3) is 3.85. The molecular formula is C16H17BrCl2N2. The topological polar surface area (TPSA) is 15.3 Å². The zero-order valence-electron chi connectivity index (χ0n) is 12.1. The van der Waals surface area contributed by atoms with Crippen LogP contribution in [0, 0.1) is 0 Å². The molecule has 0 amide bonds. The summed E-state index contributed by atoms with van der Waals surface area (Å²) in [6, 6.07) is 11.8. The van der Waals surface area contributed by atoms with Gasteiger partial charge in [0.1, 0.15) is 0 Å². The number of benzene rings is 2. The second-order valence-corrected chi connectivity index (χ2v) is 6.79. The van der Waals surface area contributed by atoms with Gasteiger partial charge in [-0.25, -0.2) is 0 Å². The maximum atomic E-state index is 6.32. The van der Waals surface area contributed by atoms with Crippen LogP contribution in [0.25, 0.3) is 0 Å². The standard InChI is InChI=1S/C16H17BrCl2N2/c1-10(12-8-7-11(17)9-14(12)19)20-15-6-4-5-13(18)16(15)21(2)3/h4-10,20H,1-3H3. The molecule has 0 heterocycles. The molecule has 0 saturated heterocycles. The average molecular weight is 388 g/mol. The smallest absolute Gasteiger partial charge is 0.0786 e. The summed E-state index contributed by atoms with van der Waals surface area (Å²) in [6.07, 6.45) is 0. The van der Waals surface area contributed by atoms with E-state index in [2.05, 4.69) is 28.2 Å². The van der Waals surface area contributed by atoms with E-state index in [1.165, 1.54) is 0 Å². The van der Waals surface area contributed by atoms with Gasteiger partial charge in [-0.1, -0.05) is 51.3 Å². The highest BCUT2D eigenvalue weighted by Crippen LogP contribution is 2.36. The lowest BCUT2D eigenvalue weighted by molar-refractivity contribution is 0.883. The monoisotopic (exact) mass is 386 g/mol. The summed E-state index contributed by atoms with van der Waals surface area (Å²) in [5, 5.41) is 4.94. The highest BCUT2D eigenvalue weighted by Gasteiger charge is 2.14. The number of rotatable bonds is 4. The molecular weight excluding hydrogens is 371 g/mol. The van der Waals surface area contributed by atoms with Crippen LogP contribution in [0.5, 0.6) is 0 Å². The van der Waals surface area contributed by atoms with Gasteiger partial charge in [0.05, 0.1) is 22.4 Å². The third-order valence-electron chi connectivity index (χ3n) is 3.24. The van der Waals surface area contributed by atoms with Crippen molar-refractivity contribution in [2.45, 2.75) is 13.0 Å². The van der Waals surface area contributed by atoms with Crippen molar-refractivity contribution in [3.63, 3.8) is 0 Å². The molecule has 0 radical (unpaired) electrons. The zero-order chi connectivity index (χ0) is 15.6. The number of hydrogen-bond acceptors (Lipinski definition) is 2. The van der Waals surface area contributed by atoms with Crippen LogP contribution in [-0.2, 0) is 0 Å². The third-order valence-corrected chi connectivity index (χ3v) is 4.36. The van der Waals surface area contributed by atoms with Gasteiger partial charge in [-0.05, 0) is 36.8 Å². The lowest BCUT2D eigenvalue weighted by atomic mass is 10.1. The molecule has 21 heavy (non-hydrogen) atoms.